The van der Waals surface area contributed by atoms with Crippen LogP contribution in [-0.4, -0.2) is 19.7 Å². The zero-order valence-electron chi connectivity index (χ0n) is 9.95. The van der Waals surface area contributed by atoms with Crippen molar-refractivity contribution in [1.29, 1.82) is 0 Å². The van der Waals surface area contributed by atoms with E-state index in [1.165, 1.54) is 5.69 Å². The summed E-state index contributed by atoms with van der Waals surface area (Å²) in [5, 5.41) is 0. The second kappa shape index (κ2) is 3.44. The zero-order valence-corrected chi connectivity index (χ0v) is 9.95. The van der Waals surface area contributed by atoms with Crippen molar-refractivity contribution < 1.29 is 4.74 Å². The van der Waals surface area contributed by atoms with Crippen molar-refractivity contribution in [2.45, 2.75) is 26.8 Å². The van der Waals surface area contributed by atoms with Crippen LogP contribution in [0, 0.1) is 5.41 Å². The summed E-state index contributed by atoms with van der Waals surface area (Å²) >= 11 is 0. The molecule has 0 saturated carbocycles. The van der Waals surface area contributed by atoms with Crippen LogP contribution in [0.15, 0.2) is 24.3 Å². The number of ether oxygens (including phenoxy) is 1. The van der Waals surface area contributed by atoms with Gasteiger partial charge in [-0.15, -0.1) is 0 Å². The standard InChI is InChI=1S/C13H19NO/c1-13(2,3)12-9-15-11-8-6-5-7-10(11)14(12)4/h5-8,12H,9H2,1-4H3. The minimum atomic E-state index is 0.238. The molecule has 0 fully saturated rings. The predicted octanol–water partition coefficient (Wildman–Crippen LogP) is 2.93. The molecule has 1 aromatic rings. The Morgan fingerprint density at radius 2 is 1.93 bits per heavy atom. The SMILES string of the molecule is CN1c2ccccc2OCC1C(C)(C)C. The first-order valence-electron chi connectivity index (χ1n) is 5.45. The number of nitrogens with zero attached hydrogens (tertiary/aromatic N) is 1. The second-order valence-corrected chi connectivity index (χ2v) is 5.27. The number of anilines is 1. The van der Waals surface area contributed by atoms with Crippen molar-refractivity contribution in [3.05, 3.63) is 24.3 Å². The van der Waals surface area contributed by atoms with E-state index < -0.39 is 0 Å². The lowest BCUT2D eigenvalue weighted by atomic mass is 9.85. The van der Waals surface area contributed by atoms with Crippen molar-refractivity contribution in [3.8, 4) is 5.75 Å². The molecule has 2 heteroatoms. The predicted molar refractivity (Wildman–Crippen MR) is 63.6 cm³/mol. The molecule has 0 amide bonds. The van der Waals surface area contributed by atoms with E-state index in [1.807, 2.05) is 12.1 Å². The van der Waals surface area contributed by atoms with Crippen molar-refractivity contribution in [1.82, 2.24) is 0 Å². The number of para-hydroxylation sites is 2. The fourth-order valence-corrected chi connectivity index (χ4v) is 2.15. The Hall–Kier alpha value is -1.18. The third-order valence-electron chi connectivity index (χ3n) is 3.11. The first kappa shape index (κ1) is 10.3. The molecule has 1 aliphatic rings. The van der Waals surface area contributed by atoms with Crippen molar-refractivity contribution in [3.63, 3.8) is 0 Å². The van der Waals surface area contributed by atoms with Crippen LogP contribution in [0.25, 0.3) is 0 Å². The van der Waals surface area contributed by atoms with E-state index in [1.54, 1.807) is 0 Å². The maximum atomic E-state index is 5.79. The van der Waals surface area contributed by atoms with Gasteiger partial charge in [-0.05, 0) is 17.5 Å². The maximum Gasteiger partial charge on any atom is 0.142 e. The second-order valence-electron chi connectivity index (χ2n) is 5.27. The average Bonchev–Trinajstić information content (AvgIpc) is 2.16. The highest BCUT2D eigenvalue weighted by Crippen LogP contribution is 2.37. The molecule has 82 valence electrons. The van der Waals surface area contributed by atoms with E-state index in [9.17, 15) is 0 Å². The molecule has 0 N–H and O–H groups in total. The Bertz CT molecular complexity index is 354. The van der Waals surface area contributed by atoms with Gasteiger partial charge in [0.2, 0.25) is 0 Å². The molecule has 0 bridgehead atoms. The Labute approximate surface area is 91.9 Å². The number of hydrogen-bond acceptors (Lipinski definition) is 2. The highest BCUT2D eigenvalue weighted by atomic mass is 16.5. The Morgan fingerprint density at radius 3 is 2.60 bits per heavy atom. The van der Waals surface area contributed by atoms with E-state index in [0.717, 1.165) is 12.4 Å². The lowest BCUT2D eigenvalue weighted by Gasteiger charge is -2.42. The molecule has 0 radical (unpaired) electrons. The molecule has 2 nitrogen and oxygen atoms in total. The normalized spacial score (nSPS) is 20.8. The fourth-order valence-electron chi connectivity index (χ4n) is 2.15. The van der Waals surface area contributed by atoms with Crippen LogP contribution in [0.3, 0.4) is 0 Å². The lowest BCUT2D eigenvalue weighted by Crippen LogP contribution is -2.48. The highest BCUT2D eigenvalue weighted by Gasteiger charge is 2.33. The number of likely N-dealkylation sites (N-methyl/N-ethyl adjacent to an activating group) is 1. The molecule has 0 aliphatic carbocycles. The molecular weight excluding hydrogens is 186 g/mol. The van der Waals surface area contributed by atoms with Gasteiger partial charge >= 0.3 is 0 Å². The van der Waals surface area contributed by atoms with Crippen LogP contribution in [0.5, 0.6) is 5.75 Å². The number of fused-ring (bicyclic) bond motifs is 1. The number of benzene rings is 1. The van der Waals surface area contributed by atoms with E-state index in [2.05, 4.69) is 44.9 Å². The molecular formula is C13H19NO. The summed E-state index contributed by atoms with van der Waals surface area (Å²) in [6, 6.07) is 8.67. The first-order chi connectivity index (χ1) is 7.00. The molecule has 2 rings (SSSR count). The van der Waals surface area contributed by atoms with Gasteiger partial charge in [0.25, 0.3) is 0 Å². The molecule has 1 aromatic carbocycles. The molecule has 1 aliphatic heterocycles. The molecule has 1 unspecified atom stereocenters. The summed E-state index contributed by atoms with van der Waals surface area (Å²) in [5.74, 6) is 1.00. The summed E-state index contributed by atoms with van der Waals surface area (Å²) in [6.45, 7) is 7.54. The summed E-state index contributed by atoms with van der Waals surface area (Å²) in [6.07, 6.45) is 0. The van der Waals surface area contributed by atoms with Gasteiger partial charge < -0.3 is 9.64 Å². The Kier molecular flexibility index (Phi) is 2.37. The Morgan fingerprint density at radius 1 is 1.27 bits per heavy atom. The van der Waals surface area contributed by atoms with Gasteiger partial charge in [0.15, 0.2) is 0 Å². The summed E-state index contributed by atoms with van der Waals surface area (Å²) in [4.78, 5) is 2.33. The number of rotatable bonds is 0. The zero-order chi connectivity index (χ0) is 11.1. The topological polar surface area (TPSA) is 12.5 Å². The van der Waals surface area contributed by atoms with E-state index in [4.69, 9.17) is 4.74 Å². The van der Waals surface area contributed by atoms with Crippen molar-refractivity contribution in [2.24, 2.45) is 5.41 Å². The monoisotopic (exact) mass is 205 g/mol. The van der Waals surface area contributed by atoms with Gasteiger partial charge in [0.1, 0.15) is 12.4 Å². The minimum Gasteiger partial charge on any atom is -0.489 e. The summed E-state index contributed by atoms with van der Waals surface area (Å²) in [5.41, 5.74) is 1.44. The van der Waals surface area contributed by atoms with Crippen LogP contribution < -0.4 is 9.64 Å². The third-order valence-corrected chi connectivity index (χ3v) is 3.11. The quantitative estimate of drug-likeness (QED) is 0.645. The lowest BCUT2D eigenvalue weighted by molar-refractivity contribution is 0.185. The van der Waals surface area contributed by atoms with Gasteiger partial charge in [-0.25, -0.2) is 0 Å². The fraction of sp³-hybridized carbons (Fsp3) is 0.538. The van der Waals surface area contributed by atoms with Gasteiger partial charge in [-0.3, -0.25) is 0 Å². The number of hydrogen-bond donors (Lipinski definition) is 0. The molecule has 1 heterocycles. The third kappa shape index (κ3) is 1.81. The minimum absolute atomic E-state index is 0.238. The van der Waals surface area contributed by atoms with Crippen LogP contribution in [0.4, 0.5) is 5.69 Å². The van der Waals surface area contributed by atoms with E-state index in [-0.39, 0.29) is 5.41 Å². The summed E-state index contributed by atoms with van der Waals surface area (Å²) < 4.78 is 5.79. The van der Waals surface area contributed by atoms with E-state index >= 15 is 0 Å². The van der Waals surface area contributed by atoms with Crippen LogP contribution in [-0.2, 0) is 0 Å². The molecule has 0 saturated heterocycles. The van der Waals surface area contributed by atoms with Crippen LogP contribution >= 0.6 is 0 Å². The Balaban J connectivity index is 2.34. The van der Waals surface area contributed by atoms with Crippen molar-refractivity contribution in [2.75, 3.05) is 18.6 Å². The summed E-state index contributed by atoms with van der Waals surface area (Å²) in [7, 11) is 2.15. The van der Waals surface area contributed by atoms with E-state index in [0.29, 0.717) is 6.04 Å². The first-order valence-corrected chi connectivity index (χ1v) is 5.45. The average molecular weight is 205 g/mol. The highest BCUT2D eigenvalue weighted by molar-refractivity contribution is 5.60. The molecule has 0 spiro atoms. The van der Waals surface area contributed by atoms with Gasteiger partial charge in [-0.2, -0.15) is 0 Å². The van der Waals surface area contributed by atoms with Gasteiger partial charge in [0.05, 0.1) is 11.7 Å². The van der Waals surface area contributed by atoms with Gasteiger partial charge in [0, 0.05) is 7.05 Å². The van der Waals surface area contributed by atoms with Gasteiger partial charge in [-0.1, -0.05) is 32.9 Å². The molecule has 1 atom stereocenters. The van der Waals surface area contributed by atoms with Crippen LogP contribution in [0.2, 0.25) is 0 Å². The largest absolute Gasteiger partial charge is 0.489 e. The van der Waals surface area contributed by atoms with Crippen molar-refractivity contribution >= 4 is 5.69 Å². The maximum absolute atomic E-state index is 5.79. The molecule has 0 aromatic heterocycles. The van der Waals surface area contributed by atoms with Crippen LogP contribution in [0.1, 0.15) is 20.8 Å². The smallest absolute Gasteiger partial charge is 0.142 e. The molecule has 15 heavy (non-hydrogen) atoms.